The van der Waals surface area contributed by atoms with Crippen molar-refractivity contribution in [3.63, 3.8) is 0 Å². The minimum Gasteiger partial charge on any atom is -0.314 e. The summed E-state index contributed by atoms with van der Waals surface area (Å²) in [6, 6.07) is 2.35. The van der Waals surface area contributed by atoms with Crippen LogP contribution in [-0.4, -0.2) is 58.1 Å². The summed E-state index contributed by atoms with van der Waals surface area (Å²) in [6.07, 6.45) is 2.13. The van der Waals surface area contributed by atoms with Gasteiger partial charge in [-0.05, 0) is 19.1 Å². The van der Waals surface area contributed by atoms with E-state index in [9.17, 15) is 16.8 Å². The first-order valence-electron chi connectivity index (χ1n) is 6.11. The highest BCUT2D eigenvalue weighted by Crippen LogP contribution is 2.19. The van der Waals surface area contributed by atoms with Crippen LogP contribution < -0.4 is 5.32 Å². The van der Waals surface area contributed by atoms with Gasteiger partial charge in [0.25, 0.3) is 0 Å². The van der Waals surface area contributed by atoms with Crippen LogP contribution >= 0.6 is 0 Å². The average Bonchev–Trinajstić information content (AvgIpc) is 2.38. The molecule has 0 amide bonds. The third-order valence-electron chi connectivity index (χ3n) is 3.14. The highest BCUT2D eigenvalue weighted by molar-refractivity contribution is 7.90. The van der Waals surface area contributed by atoms with E-state index in [1.807, 2.05) is 6.92 Å². The number of hydrogen-bond donors (Lipinski definition) is 1. The lowest BCUT2D eigenvalue weighted by molar-refractivity contribution is 0.284. The molecular weight excluding hydrogens is 302 g/mol. The van der Waals surface area contributed by atoms with Crippen molar-refractivity contribution < 1.29 is 16.8 Å². The number of sulfonamides is 1. The number of piperazine rings is 1. The van der Waals surface area contributed by atoms with Crippen LogP contribution in [0.2, 0.25) is 0 Å². The number of sulfone groups is 1. The Kier molecular flexibility index (Phi) is 4.14. The molecular formula is C11H17N3O4S2. The Morgan fingerprint density at radius 1 is 1.30 bits per heavy atom. The summed E-state index contributed by atoms with van der Waals surface area (Å²) in [5.41, 5.74) is 0. The maximum absolute atomic E-state index is 12.5. The van der Waals surface area contributed by atoms with Gasteiger partial charge in [-0.15, -0.1) is 0 Å². The van der Waals surface area contributed by atoms with Gasteiger partial charge in [-0.25, -0.2) is 21.8 Å². The average molecular weight is 319 g/mol. The molecule has 7 nitrogen and oxygen atoms in total. The molecule has 9 heteroatoms. The van der Waals surface area contributed by atoms with Crippen LogP contribution in [0, 0.1) is 0 Å². The van der Waals surface area contributed by atoms with E-state index in [1.165, 1.54) is 16.4 Å². The molecule has 1 N–H and O–H groups in total. The quantitative estimate of drug-likeness (QED) is 0.804. The second kappa shape index (κ2) is 5.40. The third kappa shape index (κ3) is 3.00. The topological polar surface area (TPSA) is 96.4 Å². The molecule has 2 rings (SSSR count). The number of rotatable bonds is 3. The van der Waals surface area contributed by atoms with E-state index in [4.69, 9.17) is 0 Å². The molecule has 1 aromatic heterocycles. The molecule has 0 bridgehead atoms. The summed E-state index contributed by atoms with van der Waals surface area (Å²) in [7, 11) is -7.07. The van der Waals surface area contributed by atoms with Crippen LogP contribution in [0.4, 0.5) is 0 Å². The summed E-state index contributed by atoms with van der Waals surface area (Å²) in [5.74, 6) is 0. The fraction of sp³-hybridized carbons (Fsp3) is 0.545. The van der Waals surface area contributed by atoms with Gasteiger partial charge in [0.1, 0.15) is 4.90 Å². The van der Waals surface area contributed by atoms with Crippen molar-refractivity contribution in [3.05, 3.63) is 18.3 Å². The molecule has 1 fully saturated rings. The van der Waals surface area contributed by atoms with Crippen LogP contribution in [0.25, 0.3) is 0 Å². The SMILES string of the molecule is C[C@@H]1CNCCN1S(=O)(=O)c1ccc(S(C)(=O)=O)nc1. The molecule has 0 saturated carbocycles. The van der Waals surface area contributed by atoms with Gasteiger partial charge in [0, 0.05) is 38.1 Å². The predicted molar refractivity (Wildman–Crippen MR) is 73.6 cm³/mol. The van der Waals surface area contributed by atoms with Gasteiger partial charge in [-0.2, -0.15) is 4.31 Å². The Balaban J connectivity index is 2.35. The van der Waals surface area contributed by atoms with Crippen LogP contribution in [0.5, 0.6) is 0 Å². The summed E-state index contributed by atoms with van der Waals surface area (Å²) in [4.78, 5) is 3.74. The number of aromatic nitrogens is 1. The van der Waals surface area contributed by atoms with E-state index < -0.39 is 19.9 Å². The highest BCUT2D eigenvalue weighted by Gasteiger charge is 2.31. The molecule has 0 spiro atoms. The number of hydrogen-bond acceptors (Lipinski definition) is 6. The van der Waals surface area contributed by atoms with Crippen molar-refractivity contribution >= 4 is 19.9 Å². The number of nitrogens with zero attached hydrogens (tertiary/aromatic N) is 2. The molecule has 0 aromatic carbocycles. The third-order valence-corrected chi connectivity index (χ3v) is 6.13. The fourth-order valence-corrected chi connectivity index (χ4v) is 4.19. The molecule has 1 atom stereocenters. The Morgan fingerprint density at radius 2 is 2.00 bits per heavy atom. The number of pyridine rings is 1. The van der Waals surface area contributed by atoms with Crippen LogP contribution in [-0.2, 0) is 19.9 Å². The van der Waals surface area contributed by atoms with E-state index in [0.717, 1.165) is 12.5 Å². The summed E-state index contributed by atoms with van der Waals surface area (Å²) in [6.45, 7) is 3.39. The first-order valence-corrected chi connectivity index (χ1v) is 9.45. The second-order valence-electron chi connectivity index (χ2n) is 4.77. The zero-order valence-corrected chi connectivity index (χ0v) is 12.9. The minimum atomic E-state index is -3.64. The molecule has 0 unspecified atom stereocenters. The van der Waals surface area contributed by atoms with Gasteiger partial charge < -0.3 is 5.32 Å². The van der Waals surface area contributed by atoms with E-state index in [2.05, 4.69) is 10.3 Å². The van der Waals surface area contributed by atoms with Crippen molar-refractivity contribution in [2.75, 3.05) is 25.9 Å². The maximum atomic E-state index is 12.5. The molecule has 1 aliphatic rings. The van der Waals surface area contributed by atoms with Gasteiger partial charge in [-0.1, -0.05) is 0 Å². The van der Waals surface area contributed by atoms with E-state index in [1.54, 1.807) is 0 Å². The largest absolute Gasteiger partial charge is 0.314 e. The van der Waals surface area contributed by atoms with Gasteiger partial charge >= 0.3 is 0 Å². The second-order valence-corrected chi connectivity index (χ2v) is 8.63. The molecule has 1 aliphatic heterocycles. The minimum absolute atomic E-state index is 0.0126. The van der Waals surface area contributed by atoms with Gasteiger partial charge in [-0.3, -0.25) is 0 Å². The van der Waals surface area contributed by atoms with E-state index >= 15 is 0 Å². The monoisotopic (exact) mass is 319 g/mol. The Labute approximate surface area is 119 Å². The van der Waals surface area contributed by atoms with Crippen molar-refractivity contribution in [2.45, 2.75) is 22.9 Å². The van der Waals surface area contributed by atoms with Crippen LogP contribution in [0.15, 0.2) is 28.3 Å². The summed E-state index contributed by atoms with van der Waals surface area (Å²) >= 11 is 0. The fourth-order valence-electron chi connectivity index (χ4n) is 2.05. The lowest BCUT2D eigenvalue weighted by atomic mass is 10.3. The molecule has 112 valence electrons. The molecule has 0 aliphatic carbocycles. The molecule has 20 heavy (non-hydrogen) atoms. The van der Waals surface area contributed by atoms with E-state index in [0.29, 0.717) is 19.6 Å². The van der Waals surface area contributed by atoms with Gasteiger partial charge in [0.05, 0.1) is 0 Å². The van der Waals surface area contributed by atoms with Crippen molar-refractivity contribution in [3.8, 4) is 0 Å². The van der Waals surface area contributed by atoms with Crippen LogP contribution in [0.1, 0.15) is 6.92 Å². The predicted octanol–water partition coefficient (Wildman–Crippen LogP) is -0.532. The van der Waals surface area contributed by atoms with Crippen molar-refractivity contribution in [2.24, 2.45) is 0 Å². The van der Waals surface area contributed by atoms with Crippen molar-refractivity contribution in [1.82, 2.24) is 14.6 Å². The van der Waals surface area contributed by atoms with Gasteiger partial charge in [0.15, 0.2) is 14.9 Å². The van der Waals surface area contributed by atoms with Gasteiger partial charge in [0.2, 0.25) is 10.0 Å². The maximum Gasteiger partial charge on any atom is 0.244 e. The normalized spacial score (nSPS) is 21.8. The number of nitrogens with one attached hydrogen (secondary N) is 1. The summed E-state index contributed by atoms with van der Waals surface area (Å²) in [5, 5.41) is 2.98. The summed E-state index contributed by atoms with van der Waals surface area (Å²) < 4.78 is 49.0. The van der Waals surface area contributed by atoms with Crippen molar-refractivity contribution in [1.29, 1.82) is 0 Å². The highest BCUT2D eigenvalue weighted by atomic mass is 32.2. The molecule has 2 heterocycles. The first-order chi connectivity index (χ1) is 9.23. The molecule has 1 saturated heterocycles. The zero-order chi connectivity index (χ0) is 15.0. The smallest absolute Gasteiger partial charge is 0.244 e. The lowest BCUT2D eigenvalue weighted by Gasteiger charge is -2.32. The first kappa shape index (κ1) is 15.4. The lowest BCUT2D eigenvalue weighted by Crippen LogP contribution is -2.52. The Hall–Kier alpha value is -1.03. The van der Waals surface area contributed by atoms with Crippen LogP contribution in [0.3, 0.4) is 0 Å². The Morgan fingerprint density at radius 3 is 2.50 bits per heavy atom. The molecule has 1 aromatic rings. The zero-order valence-electron chi connectivity index (χ0n) is 11.3. The Bertz CT molecular complexity index is 683. The molecule has 0 radical (unpaired) electrons. The van der Waals surface area contributed by atoms with E-state index in [-0.39, 0.29) is 16.0 Å². The standard InChI is InChI=1S/C11H17N3O4S2/c1-9-7-12-5-6-14(9)20(17,18)10-3-4-11(13-8-10)19(2,15)16/h3-4,8-9,12H,5-7H2,1-2H3/t9-/m1/s1.